The lowest BCUT2D eigenvalue weighted by Crippen LogP contribution is -2.28. The van der Waals surface area contributed by atoms with E-state index in [1.807, 2.05) is 0 Å². The van der Waals surface area contributed by atoms with Crippen molar-refractivity contribution in [2.45, 2.75) is 26.3 Å². The molecule has 0 bridgehead atoms. The van der Waals surface area contributed by atoms with Crippen molar-refractivity contribution in [1.29, 1.82) is 0 Å². The van der Waals surface area contributed by atoms with Gasteiger partial charge in [0.15, 0.2) is 0 Å². The summed E-state index contributed by atoms with van der Waals surface area (Å²) in [5, 5.41) is 4.16. The van der Waals surface area contributed by atoms with Crippen molar-refractivity contribution in [3.63, 3.8) is 0 Å². The number of nitrogens with two attached hydrogens (primary N) is 2. The van der Waals surface area contributed by atoms with Crippen molar-refractivity contribution >= 4 is 27.9 Å². The number of thiophene rings is 1. The molecular formula is C12H22N4OS. The summed E-state index contributed by atoms with van der Waals surface area (Å²) in [5.41, 5.74) is 11.4. The molecule has 1 heterocycles. The number of carbonyl (C=O) groups excluding carboxylic acids is 1. The van der Waals surface area contributed by atoms with Gasteiger partial charge in [0.2, 0.25) is 0 Å². The predicted octanol–water partition coefficient (Wildman–Crippen LogP) is 1.57. The number of carbonyl (C=O) groups is 1. The van der Waals surface area contributed by atoms with Crippen molar-refractivity contribution in [1.82, 2.24) is 4.90 Å². The molecule has 102 valence electrons. The van der Waals surface area contributed by atoms with Gasteiger partial charge in [0, 0.05) is 12.6 Å². The number of rotatable bonds is 7. The van der Waals surface area contributed by atoms with Gasteiger partial charge in [0.25, 0.3) is 5.91 Å². The number of nitrogens with one attached hydrogen (secondary N) is 1. The molecule has 0 saturated heterocycles. The molecular weight excluding hydrogens is 248 g/mol. The van der Waals surface area contributed by atoms with Crippen LogP contribution in [0.4, 0.5) is 10.7 Å². The highest BCUT2D eigenvalue weighted by atomic mass is 32.1. The van der Waals surface area contributed by atoms with Crippen LogP contribution in [0.15, 0.2) is 6.07 Å². The van der Waals surface area contributed by atoms with E-state index in [0.717, 1.165) is 24.5 Å². The number of hydrogen-bond acceptors (Lipinski definition) is 5. The molecule has 1 aromatic heterocycles. The fraction of sp³-hybridized carbons (Fsp3) is 0.583. The summed E-state index contributed by atoms with van der Waals surface area (Å²) in [6.45, 7) is 6.24. The summed E-state index contributed by atoms with van der Waals surface area (Å²) in [6.07, 6.45) is 1.04. The zero-order valence-corrected chi connectivity index (χ0v) is 12.0. The van der Waals surface area contributed by atoms with E-state index in [2.05, 4.69) is 31.1 Å². The Labute approximate surface area is 112 Å². The first-order valence-electron chi connectivity index (χ1n) is 6.05. The fourth-order valence-electron chi connectivity index (χ4n) is 1.48. The number of nitrogens with zero attached hydrogens (tertiary/aromatic N) is 1. The maximum Gasteiger partial charge on any atom is 0.260 e. The Morgan fingerprint density at radius 1 is 1.56 bits per heavy atom. The molecule has 0 saturated carbocycles. The molecule has 1 amide bonds. The van der Waals surface area contributed by atoms with Crippen molar-refractivity contribution in [2.75, 3.05) is 31.2 Å². The van der Waals surface area contributed by atoms with Crippen LogP contribution < -0.4 is 16.8 Å². The van der Waals surface area contributed by atoms with Gasteiger partial charge in [-0.1, -0.05) is 0 Å². The van der Waals surface area contributed by atoms with E-state index < -0.39 is 5.91 Å². The van der Waals surface area contributed by atoms with E-state index in [1.54, 1.807) is 6.07 Å². The number of nitrogen functional groups attached to an aromatic ring is 1. The molecule has 1 rings (SSSR count). The quantitative estimate of drug-likeness (QED) is 0.657. The van der Waals surface area contributed by atoms with Gasteiger partial charge < -0.3 is 21.7 Å². The van der Waals surface area contributed by atoms with E-state index in [4.69, 9.17) is 11.5 Å². The lowest BCUT2D eigenvalue weighted by atomic mass is 10.3. The van der Waals surface area contributed by atoms with Crippen LogP contribution in [0.3, 0.4) is 0 Å². The van der Waals surface area contributed by atoms with Gasteiger partial charge in [-0.3, -0.25) is 4.79 Å². The SMILES string of the molecule is CC(C)N(C)CCCNc1cc(N)c(C(N)=O)s1. The lowest BCUT2D eigenvalue weighted by Gasteiger charge is -2.20. The standard InChI is InChI=1S/C12H22N4OS/c1-8(2)16(3)6-4-5-15-10-7-9(13)11(18-10)12(14)17/h7-8,15H,4-6,13H2,1-3H3,(H2,14,17). The number of anilines is 2. The second-order valence-electron chi connectivity index (χ2n) is 4.61. The molecule has 5 N–H and O–H groups in total. The average molecular weight is 270 g/mol. The molecule has 0 atom stereocenters. The first kappa shape index (κ1) is 14.8. The molecule has 0 radical (unpaired) electrons. The maximum atomic E-state index is 11.0. The van der Waals surface area contributed by atoms with Crippen LogP contribution in [0, 0.1) is 0 Å². The normalized spacial score (nSPS) is 11.2. The van der Waals surface area contributed by atoms with Gasteiger partial charge in [-0.2, -0.15) is 0 Å². The van der Waals surface area contributed by atoms with Crippen LogP contribution in [0.2, 0.25) is 0 Å². The van der Waals surface area contributed by atoms with Gasteiger partial charge >= 0.3 is 0 Å². The molecule has 5 nitrogen and oxygen atoms in total. The Hall–Kier alpha value is -1.27. The second-order valence-corrected chi connectivity index (χ2v) is 5.67. The lowest BCUT2D eigenvalue weighted by molar-refractivity contribution is 0.100. The van der Waals surface area contributed by atoms with Crippen LogP contribution in [0.1, 0.15) is 29.9 Å². The van der Waals surface area contributed by atoms with Gasteiger partial charge in [-0.15, -0.1) is 11.3 Å². The first-order chi connectivity index (χ1) is 8.41. The fourth-order valence-corrected chi connectivity index (χ4v) is 2.34. The van der Waals surface area contributed by atoms with E-state index in [9.17, 15) is 4.79 Å². The minimum Gasteiger partial charge on any atom is -0.397 e. The van der Waals surface area contributed by atoms with Gasteiger partial charge in [0.05, 0.1) is 10.7 Å². The maximum absolute atomic E-state index is 11.0. The second kappa shape index (κ2) is 6.61. The summed E-state index contributed by atoms with van der Waals surface area (Å²) in [7, 11) is 2.11. The summed E-state index contributed by atoms with van der Waals surface area (Å²) >= 11 is 1.31. The summed E-state index contributed by atoms with van der Waals surface area (Å²) in [4.78, 5) is 13.8. The van der Waals surface area contributed by atoms with Crippen LogP contribution in [0.5, 0.6) is 0 Å². The highest BCUT2D eigenvalue weighted by Gasteiger charge is 2.10. The van der Waals surface area contributed by atoms with Crippen molar-refractivity contribution in [3.05, 3.63) is 10.9 Å². The van der Waals surface area contributed by atoms with Gasteiger partial charge in [0.1, 0.15) is 4.88 Å². The number of hydrogen-bond donors (Lipinski definition) is 3. The van der Waals surface area contributed by atoms with Crippen molar-refractivity contribution in [2.24, 2.45) is 5.73 Å². The molecule has 0 aliphatic heterocycles. The van der Waals surface area contributed by atoms with E-state index >= 15 is 0 Å². The Morgan fingerprint density at radius 2 is 2.22 bits per heavy atom. The highest BCUT2D eigenvalue weighted by molar-refractivity contribution is 7.18. The minimum absolute atomic E-state index is 0.428. The molecule has 0 aromatic carbocycles. The molecule has 0 spiro atoms. The predicted molar refractivity (Wildman–Crippen MR) is 78.1 cm³/mol. The summed E-state index contributed by atoms with van der Waals surface area (Å²) in [5.74, 6) is -0.468. The zero-order chi connectivity index (χ0) is 13.7. The molecule has 6 heteroatoms. The molecule has 0 unspecified atom stereocenters. The van der Waals surface area contributed by atoms with Crippen molar-refractivity contribution in [3.8, 4) is 0 Å². The smallest absolute Gasteiger partial charge is 0.260 e. The monoisotopic (exact) mass is 270 g/mol. The largest absolute Gasteiger partial charge is 0.397 e. The Kier molecular flexibility index (Phi) is 5.43. The van der Waals surface area contributed by atoms with E-state index in [0.29, 0.717) is 16.6 Å². The van der Waals surface area contributed by atoms with E-state index in [-0.39, 0.29) is 0 Å². The van der Waals surface area contributed by atoms with Crippen LogP contribution in [-0.2, 0) is 0 Å². The van der Waals surface area contributed by atoms with Crippen LogP contribution in [0.25, 0.3) is 0 Å². The van der Waals surface area contributed by atoms with E-state index in [1.165, 1.54) is 11.3 Å². The van der Waals surface area contributed by atoms with Gasteiger partial charge in [-0.25, -0.2) is 0 Å². The summed E-state index contributed by atoms with van der Waals surface area (Å²) in [6, 6.07) is 2.32. The zero-order valence-electron chi connectivity index (χ0n) is 11.2. The highest BCUT2D eigenvalue weighted by Crippen LogP contribution is 2.28. The third-order valence-electron chi connectivity index (χ3n) is 2.85. The topological polar surface area (TPSA) is 84.4 Å². The van der Waals surface area contributed by atoms with Crippen LogP contribution in [-0.4, -0.2) is 37.0 Å². The molecule has 18 heavy (non-hydrogen) atoms. The van der Waals surface area contributed by atoms with Gasteiger partial charge in [-0.05, 0) is 39.9 Å². The van der Waals surface area contributed by atoms with Crippen molar-refractivity contribution < 1.29 is 4.79 Å². The summed E-state index contributed by atoms with van der Waals surface area (Å²) < 4.78 is 0. The third kappa shape index (κ3) is 4.19. The Balaban J connectivity index is 2.36. The average Bonchev–Trinajstić information content (AvgIpc) is 2.65. The first-order valence-corrected chi connectivity index (χ1v) is 6.86. The third-order valence-corrected chi connectivity index (χ3v) is 3.98. The number of amides is 1. The number of primary amides is 1. The Bertz CT molecular complexity index is 403. The van der Waals surface area contributed by atoms with Crippen LogP contribution >= 0.6 is 11.3 Å². The Morgan fingerprint density at radius 3 is 2.72 bits per heavy atom. The molecule has 1 aromatic rings. The molecule has 0 aliphatic rings. The molecule has 0 aliphatic carbocycles. The minimum atomic E-state index is -0.468. The molecule has 0 fully saturated rings.